The second-order valence-electron chi connectivity index (χ2n) is 4.16. The van der Waals surface area contributed by atoms with E-state index < -0.39 is 11.8 Å². The molecule has 1 atom stereocenters. The molecule has 1 aliphatic heterocycles. The molecule has 2 amide bonds. The molecule has 6 heteroatoms. The number of amides is 2. The van der Waals surface area contributed by atoms with Crippen LogP contribution in [-0.4, -0.2) is 31.1 Å². The molecule has 0 radical (unpaired) electrons. The van der Waals surface area contributed by atoms with E-state index >= 15 is 0 Å². The highest BCUT2D eigenvalue weighted by atomic mass is 32.1. The lowest BCUT2D eigenvalue weighted by molar-refractivity contribution is -0.139. The Morgan fingerprint density at radius 3 is 2.89 bits per heavy atom. The third-order valence-corrected chi connectivity index (χ3v) is 3.49. The zero-order chi connectivity index (χ0) is 12.8. The molecule has 2 N–H and O–H groups in total. The number of ether oxygens (including phenoxy) is 1. The van der Waals surface area contributed by atoms with Crippen LogP contribution in [0.4, 0.5) is 0 Å². The van der Waals surface area contributed by atoms with Crippen LogP contribution < -0.4 is 10.6 Å². The van der Waals surface area contributed by atoms with E-state index in [9.17, 15) is 9.59 Å². The summed E-state index contributed by atoms with van der Waals surface area (Å²) < 4.78 is 5.36. The molecule has 5 nitrogen and oxygen atoms in total. The summed E-state index contributed by atoms with van der Waals surface area (Å²) in [4.78, 5) is 23.0. The van der Waals surface area contributed by atoms with E-state index in [1.165, 1.54) is 0 Å². The molecule has 1 aliphatic rings. The van der Waals surface area contributed by atoms with Gasteiger partial charge in [0.25, 0.3) is 0 Å². The first kappa shape index (κ1) is 13.0. The van der Waals surface area contributed by atoms with Crippen LogP contribution in [0.1, 0.15) is 18.4 Å². The topological polar surface area (TPSA) is 67.4 Å². The van der Waals surface area contributed by atoms with Crippen molar-refractivity contribution in [3.63, 3.8) is 0 Å². The predicted octanol–water partition coefficient (Wildman–Crippen LogP) is 0.659. The average molecular weight is 268 g/mol. The Balaban J connectivity index is 1.66. The van der Waals surface area contributed by atoms with Crippen molar-refractivity contribution < 1.29 is 14.3 Å². The molecule has 1 fully saturated rings. The van der Waals surface area contributed by atoms with Crippen LogP contribution in [0.3, 0.4) is 0 Å². The Hall–Kier alpha value is -1.40. The zero-order valence-electron chi connectivity index (χ0n) is 9.98. The Labute approximate surface area is 110 Å². The van der Waals surface area contributed by atoms with Crippen LogP contribution in [0, 0.1) is 0 Å². The minimum absolute atomic E-state index is 0.0543. The zero-order valence-corrected chi connectivity index (χ0v) is 10.8. The Kier molecular flexibility index (Phi) is 4.72. The van der Waals surface area contributed by atoms with Crippen LogP contribution in [0.15, 0.2) is 16.8 Å². The molecule has 98 valence electrons. The number of hydrogen-bond donors (Lipinski definition) is 2. The van der Waals surface area contributed by atoms with Gasteiger partial charge in [-0.05, 0) is 35.2 Å². The van der Waals surface area contributed by atoms with Gasteiger partial charge in [0.2, 0.25) is 0 Å². The van der Waals surface area contributed by atoms with Crippen molar-refractivity contribution in [2.75, 3.05) is 13.2 Å². The van der Waals surface area contributed by atoms with Crippen LogP contribution in [0.25, 0.3) is 0 Å². The van der Waals surface area contributed by atoms with Gasteiger partial charge in [-0.2, -0.15) is 11.3 Å². The van der Waals surface area contributed by atoms with Gasteiger partial charge in [-0.15, -0.1) is 0 Å². The third-order valence-electron chi connectivity index (χ3n) is 2.75. The van der Waals surface area contributed by atoms with Crippen molar-refractivity contribution in [2.45, 2.75) is 25.5 Å². The SMILES string of the molecule is O=C(NCc1ccsc1)C(=O)NC[C@H]1CCCO1. The third kappa shape index (κ3) is 3.82. The first-order valence-electron chi connectivity index (χ1n) is 5.94. The summed E-state index contributed by atoms with van der Waals surface area (Å²) >= 11 is 1.56. The van der Waals surface area contributed by atoms with E-state index in [1.54, 1.807) is 11.3 Å². The first-order chi connectivity index (χ1) is 8.75. The maximum Gasteiger partial charge on any atom is 0.309 e. The van der Waals surface area contributed by atoms with E-state index in [0.717, 1.165) is 25.0 Å². The van der Waals surface area contributed by atoms with Crippen molar-refractivity contribution in [2.24, 2.45) is 0 Å². The lowest BCUT2D eigenvalue weighted by atomic mass is 10.2. The number of hydrogen-bond acceptors (Lipinski definition) is 4. The second-order valence-corrected chi connectivity index (χ2v) is 4.94. The molecule has 1 aromatic heterocycles. The largest absolute Gasteiger partial charge is 0.376 e. The summed E-state index contributed by atoms with van der Waals surface area (Å²) in [5, 5.41) is 9.02. The minimum Gasteiger partial charge on any atom is -0.376 e. The second kappa shape index (κ2) is 6.51. The monoisotopic (exact) mass is 268 g/mol. The van der Waals surface area contributed by atoms with Crippen LogP contribution in [0.2, 0.25) is 0 Å². The summed E-state index contributed by atoms with van der Waals surface area (Å²) in [6.07, 6.45) is 2.01. The standard InChI is InChI=1S/C12H16N2O3S/c15-11(13-6-9-3-5-18-8-9)12(16)14-7-10-2-1-4-17-10/h3,5,8,10H,1-2,4,6-7H2,(H,13,15)(H,14,16)/t10-/m1/s1. The van der Waals surface area contributed by atoms with Gasteiger partial charge < -0.3 is 15.4 Å². The fourth-order valence-electron chi connectivity index (χ4n) is 1.75. The van der Waals surface area contributed by atoms with E-state index in [2.05, 4.69) is 10.6 Å². The molecule has 0 aliphatic carbocycles. The minimum atomic E-state index is -0.598. The molecule has 2 heterocycles. The lowest BCUT2D eigenvalue weighted by Gasteiger charge is -2.10. The highest BCUT2D eigenvalue weighted by molar-refractivity contribution is 7.07. The molecule has 0 spiro atoms. The normalized spacial score (nSPS) is 18.6. The van der Waals surface area contributed by atoms with Gasteiger partial charge in [-0.1, -0.05) is 0 Å². The number of nitrogens with one attached hydrogen (secondary N) is 2. The first-order valence-corrected chi connectivity index (χ1v) is 6.88. The quantitative estimate of drug-likeness (QED) is 0.788. The Bertz CT molecular complexity index is 399. The van der Waals surface area contributed by atoms with Crippen molar-refractivity contribution in [1.82, 2.24) is 10.6 Å². The summed E-state index contributed by atoms with van der Waals surface area (Å²) in [5.74, 6) is -1.19. The molecule has 0 saturated carbocycles. The van der Waals surface area contributed by atoms with Crippen molar-refractivity contribution in [1.29, 1.82) is 0 Å². The Morgan fingerprint density at radius 1 is 1.39 bits per heavy atom. The predicted molar refractivity (Wildman–Crippen MR) is 68.1 cm³/mol. The number of carbonyl (C=O) groups excluding carboxylic acids is 2. The maximum absolute atomic E-state index is 11.5. The highest BCUT2D eigenvalue weighted by Gasteiger charge is 2.18. The van der Waals surface area contributed by atoms with Crippen LogP contribution in [0.5, 0.6) is 0 Å². The molecule has 1 saturated heterocycles. The summed E-state index contributed by atoms with van der Waals surface area (Å²) in [6, 6.07) is 1.91. The summed E-state index contributed by atoms with van der Waals surface area (Å²) in [6.45, 7) is 1.53. The van der Waals surface area contributed by atoms with Gasteiger partial charge in [-0.25, -0.2) is 0 Å². The number of thiophene rings is 1. The molecular weight excluding hydrogens is 252 g/mol. The molecule has 1 aromatic rings. The van der Waals surface area contributed by atoms with E-state index in [0.29, 0.717) is 13.1 Å². The lowest BCUT2D eigenvalue weighted by Crippen LogP contribution is -2.42. The molecule has 0 bridgehead atoms. The molecular formula is C12H16N2O3S. The Morgan fingerprint density at radius 2 is 2.22 bits per heavy atom. The van der Waals surface area contributed by atoms with Crippen molar-refractivity contribution in [3.8, 4) is 0 Å². The van der Waals surface area contributed by atoms with Gasteiger partial charge in [0.15, 0.2) is 0 Å². The van der Waals surface area contributed by atoms with Gasteiger partial charge in [0, 0.05) is 19.7 Å². The van der Waals surface area contributed by atoms with Crippen LogP contribution >= 0.6 is 11.3 Å². The molecule has 0 aromatic carbocycles. The number of rotatable bonds is 4. The van der Waals surface area contributed by atoms with Crippen molar-refractivity contribution >= 4 is 23.2 Å². The fourth-order valence-corrected chi connectivity index (χ4v) is 2.42. The summed E-state index contributed by atoms with van der Waals surface area (Å²) in [7, 11) is 0. The van der Waals surface area contributed by atoms with E-state index in [1.807, 2.05) is 16.8 Å². The maximum atomic E-state index is 11.5. The van der Waals surface area contributed by atoms with Gasteiger partial charge in [0.05, 0.1) is 6.10 Å². The molecule has 0 unspecified atom stereocenters. The van der Waals surface area contributed by atoms with Crippen molar-refractivity contribution in [3.05, 3.63) is 22.4 Å². The van der Waals surface area contributed by atoms with Gasteiger partial charge in [-0.3, -0.25) is 9.59 Å². The molecule has 2 rings (SSSR count). The number of carbonyl (C=O) groups is 2. The van der Waals surface area contributed by atoms with E-state index in [4.69, 9.17) is 4.74 Å². The smallest absolute Gasteiger partial charge is 0.309 e. The average Bonchev–Trinajstić information content (AvgIpc) is 3.05. The van der Waals surface area contributed by atoms with E-state index in [-0.39, 0.29) is 6.10 Å². The summed E-state index contributed by atoms with van der Waals surface area (Å²) in [5.41, 5.74) is 1.00. The highest BCUT2D eigenvalue weighted by Crippen LogP contribution is 2.10. The molecule has 18 heavy (non-hydrogen) atoms. The van der Waals surface area contributed by atoms with Gasteiger partial charge in [0.1, 0.15) is 0 Å². The van der Waals surface area contributed by atoms with Crippen LogP contribution in [-0.2, 0) is 20.9 Å². The fraction of sp³-hybridized carbons (Fsp3) is 0.500. The van der Waals surface area contributed by atoms with Gasteiger partial charge >= 0.3 is 11.8 Å².